The van der Waals surface area contributed by atoms with Crippen LogP contribution in [-0.2, 0) is 11.2 Å². The van der Waals surface area contributed by atoms with Crippen molar-refractivity contribution in [3.63, 3.8) is 0 Å². The molecule has 1 N–H and O–H groups in total. The number of rotatable bonds is 6. The highest BCUT2D eigenvalue weighted by Crippen LogP contribution is 2.20. The van der Waals surface area contributed by atoms with Gasteiger partial charge >= 0.3 is 0 Å². The van der Waals surface area contributed by atoms with Crippen molar-refractivity contribution in [2.75, 3.05) is 20.6 Å². The Bertz CT molecular complexity index is 780. The number of carbonyl (C=O) groups excluding carboxylic acids is 1. The number of fused-ring (bicyclic) bond motifs is 1. The molecule has 2 heterocycles. The second kappa shape index (κ2) is 6.93. The Kier molecular flexibility index (Phi) is 4.73. The Morgan fingerprint density at radius 2 is 2.17 bits per heavy atom. The number of benzene rings is 1. The maximum Gasteiger partial charge on any atom is 0.226 e. The van der Waals surface area contributed by atoms with Gasteiger partial charge in [0.05, 0.1) is 12.5 Å². The Labute approximate surface area is 138 Å². The number of carbonyl (C=O) groups is 1. The lowest BCUT2D eigenvalue weighted by atomic mass is 10.1. The van der Waals surface area contributed by atoms with Gasteiger partial charge in [-0.1, -0.05) is 17.3 Å². The number of likely N-dealkylation sites (N-methyl/N-ethyl adjacent to an activating group) is 1. The molecule has 3 rings (SSSR count). The number of amides is 1. The molecule has 0 saturated heterocycles. The van der Waals surface area contributed by atoms with Crippen molar-refractivity contribution in [3.05, 3.63) is 52.3 Å². The monoisotopic (exact) mass is 329 g/mol. The molecular formula is C17H19N3O2S. The van der Waals surface area contributed by atoms with E-state index in [4.69, 9.17) is 4.52 Å². The van der Waals surface area contributed by atoms with Gasteiger partial charge in [-0.15, -0.1) is 0 Å². The van der Waals surface area contributed by atoms with Crippen LogP contribution in [0.3, 0.4) is 0 Å². The first-order chi connectivity index (χ1) is 11.1. The zero-order valence-corrected chi connectivity index (χ0v) is 14.0. The van der Waals surface area contributed by atoms with Crippen molar-refractivity contribution in [2.45, 2.75) is 12.5 Å². The van der Waals surface area contributed by atoms with E-state index in [-0.39, 0.29) is 18.4 Å². The van der Waals surface area contributed by atoms with Gasteiger partial charge in [0.2, 0.25) is 5.91 Å². The van der Waals surface area contributed by atoms with Crippen LogP contribution < -0.4 is 5.32 Å². The van der Waals surface area contributed by atoms with E-state index in [1.165, 1.54) is 5.56 Å². The fourth-order valence-electron chi connectivity index (χ4n) is 2.55. The van der Waals surface area contributed by atoms with E-state index < -0.39 is 0 Å². The van der Waals surface area contributed by atoms with Gasteiger partial charge in [0, 0.05) is 11.9 Å². The van der Waals surface area contributed by atoms with E-state index in [1.54, 1.807) is 11.3 Å². The number of para-hydroxylation sites is 1. The molecule has 23 heavy (non-hydrogen) atoms. The molecule has 0 bridgehead atoms. The number of hydrogen-bond acceptors (Lipinski definition) is 5. The predicted octanol–water partition coefficient (Wildman–Crippen LogP) is 2.85. The Morgan fingerprint density at radius 1 is 1.35 bits per heavy atom. The molecule has 1 amide bonds. The number of aromatic nitrogens is 1. The summed E-state index contributed by atoms with van der Waals surface area (Å²) in [6.07, 6.45) is 0.223. The van der Waals surface area contributed by atoms with Crippen molar-refractivity contribution >= 4 is 28.2 Å². The van der Waals surface area contributed by atoms with Gasteiger partial charge in [-0.25, -0.2) is 0 Å². The van der Waals surface area contributed by atoms with Crippen LogP contribution >= 0.6 is 11.3 Å². The van der Waals surface area contributed by atoms with Crippen molar-refractivity contribution < 1.29 is 9.32 Å². The minimum atomic E-state index is -0.0499. The van der Waals surface area contributed by atoms with Gasteiger partial charge in [0.15, 0.2) is 5.58 Å². The number of thiophene rings is 1. The zero-order valence-electron chi connectivity index (χ0n) is 13.2. The van der Waals surface area contributed by atoms with E-state index >= 15 is 0 Å². The summed E-state index contributed by atoms with van der Waals surface area (Å²) in [4.78, 5) is 14.3. The Morgan fingerprint density at radius 3 is 2.91 bits per heavy atom. The second-order valence-electron chi connectivity index (χ2n) is 5.64. The molecule has 1 aromatic carbocycles. The van der Waals surface area contributed by atoms with E-state index in [9.17, 15) is 4.79 Å². The molecule has 5 nitrogen and oxygen atoms in total. The fraction of sp³-hybridized carbons (Fsp3) is 0.294. The van der Waals surface area contributed by atoms with Gasteiger partial charge in [-0.05, 0) is 48.6 Å². The Hall–Kier alpha value is -2.18. The molecule has 0 unspecified atom stereocenters. The van der Waals surface area contributed by atoms with Gasteiger partial charge in [-0.3, -0.25) is 4.79 Å². The molecule has 0 aliphatic rings. The third kappa shape index (κ3) is 3.60. The molecule has 0 fully saturated rings. The average molecular weight is 329 g/mol. The fourth-order valence-corrected chi connectivity index (χ4v) is 3.26. The van der Waals surface area contributed by atoms with Crippen LogP contribution in [0.1, 0.15) is 17.3 Å². The summed E-state index contributed by atoms with van der Waals surface area (Å²) >= 11 is 1.66. The molecule has 6 heteroatoms. The van der Waals surface area contributed by atoms with Crippen LogP contribution in [0.25, 0.3) is 11.0 Å². The smallest absolute Gasteiger partial charge is 0.226 e. The second-order valence-corrected chi connectivity index (χ2v) is 6.42. The summed E-state index contributed by atoms with van der Waals surface area (Å²) in [6, 6.07) is 9.83. The zero-order chi connectivity index (χ0) is 16.2. The summed E-state index contributed by atoms with van der Waals surface area (Å²) < 4.78 is 5.24. The topological polar surface area (TPSA) is 58.4 Å². The van der Waals surface area contributed by atoms with Crippen LogP contribution in [0.15, 0.2) is 45.6 Å². The quantitative estimate of drug-likeness (QED) is 0.755. The minimum Gasteiger partial charge on any atom is -0.356 e. The van der Waals surface area contributed by atoms with Gasteiger partial charge in [-0.2, -0.15) is 11.3 Å². The predicted molar refractivity (Wildman–Crippen MR) is 91.5 cm³/mol. The lowest BCUT2D eigenvalue weighted by Crippen LogP contribution is -2.35. The maximum absolute atomic E-state index is 12.2. The van der Waals surface area contributed by atoms with E-state index in [2.05, 4.69) is 32.2 Å². The molecule has 3 aromatic rings. The maximum atomic E-state index is 12.2. The summed E-state index contributed by atoms with van der Waals surface area (Å²) in [5.74, 6) is -0.0499. The average Bonchev–Trinajstić information content (AvgIpc) is 3.18. The lowest BCUT2D eigenvalue weighted by Gasteiger charge is -2.23. The van der Waals surface area contributed by atoms with Crippen LogP contribution in [0.5, 0.6) is 0 Å². The molecule has 2 aromatic heterocycles. The highest BCUT2D eigenvalue weighted by atomic mass is 32.1. The van der Waals surface area contributed by atoms with E-state index in [0.717, 1.165) is 5.39 Å². The van der Waals surface area contributed by atoms with Crippen LogP contribution in [-0.4, -0.2) is 36.6 Å². The molecule has 0 aliphatic heterocycles. The highest BCUT2D eigenvalue weighted by molar-refractivity contribution is 7.07. The lowest BCUT2D eigenvalue weighted by molar-refractivity contribution is -0.120. The first-order valence-corrected chi connectivity index (χ1v) is 8.38. The minimum absolute atomic E-state index is 0.0499. The summed E-state index contributed by atoms with van der Waals surface area (Å²) in [5.41, 5.74) is 2.60. The summed E-state index contributed by atoms with van der Waals surface area (Å²) in [7, 11) is 4.03. The van der Waals surface area contributed by atoms with Crippen molar-refractivity contribution in [1.82, 2.24) is 15.4 Å². The van der Waals surface area contributed by atoms with E-state index in [0.29, 0.717) is 17.8 Å². The standard InChI is InChI=1S/C17H19N3O2S/c1-20(2)15(12-7-8-23-11-12)10-18-17(21)9-14-13-5-3-4-6-16(13)22-19-14/h3-8,11,15H,9-10H2,1-2H3,(H,18,21)/t15-/m1/s1. The molecule has 0 saturated carbocycles. The summed E-state index contributed by atoms with van der Waals surface area (Å²) in [6.45, 7) is 0.568. The molecule has 1 atom stereocenters. The molecule has 0 spiro atoms. The normalized spacial score (nSPS) is 12.7. The third-order valence-corrected chi connectivity index (χ3v) is 4.53. The Balaban J connectivity index is 1.63. The summed E-state index contributed by atoms with van der Waals surface area (Å²) in [5, 5.41) is 12.1. The van der Waals surface area contributed by atoms with Gasteiger partial charge in [0.1, 0.15) is 5.69 Å². The number of hydrogen-bond donors (Lipinski definition) is 1. The highest BCUT2D eigenvalue weighted by Gasteiger charge is 2.17. The third-order valence-electron chi connectivity index (χ3n) is 3.82. The van der Waals surface area contributed by atoms with Crippen LogP contribution in [0.2, 0.25) is 0 Å². The first-order valence-electron chi connectivity index (χ1n) is 7.43. The first kappa shape index (κ1) is 15.7. The molecule has 0 radical (unpaired) electrons. The van der Waals surface area contributed by atoms with E-state index in [1.807, 2.05) is 38.4 Å². The van der Waals surface area contributed by atoms with Gasteiger partial charge in [0.25, 0.3) is 0 Å². The molecule has 0 aliphatic carbocycles. The van der Waals surface area contributed by atoms with Crippen molar-refractivity contribution in [1.29, 1.82) is 0 Å². The number of nitrogens with one attached hydrogen (secondary N) is 1. The largest absolute Gasteiger partial charge is 0.356 e. The molecular weight excluding hydrogens is 310 g/mol. The van der Waals surface area contributed by atoms with Crippen LogP contribution in [0.4, 0.5) is 0 Å². The van der Waals surface area contributed by atoms with Crippen LogP contribution in [0, 0.1) is 0 Å². The van der Waals surface area contributed by atoms with Gasteiger partial charge < -0.3 is 14.7 Å². The number of nitrogens with zero attached hydrogens (tertiary/aromatic N) is 2. The molecule has 120 valence electrons. The van der Waals surface area contributed by atoms with Crippen molar-refractivity contribution in [3.8, 4) is 0 Å². The van der Waals surface area contributed by atoms with Crippen molar-refractivity contribution in [2.24, 2.45) is 0 Å². The SMILES string of the molecule is CN(C)[C@H](CNC(=O)Cc1noc2ccccc12)c1ccsc1.